The zero-order valence-corrected chi connectivity index (χ0v) is 10.0. The molecule has 5 N–H and O–H groups in total. The summed E-state index contributed by atoms with van der Waals surface area (Å²) >= 11 is 0. The molecule has 0 heterocycles. The van der Waals surface area contributed by atoms with E-state index in [1.165, 1.54) is 6.20 Å². The molecule has 0 saturated heterocycles. The van der Waals surface area contributed by atoms with E-state index < -0.39 is 0 Å². The molecule has 0 aliphatic heterocycles. The van der Waals surface area contributed by atoms with Gasteiger partial charge in [-0.15, -0.1) is 0 Å². The minimum Gasteiger partial charge on any atom is -0.404 e. The zero-order chi connectivity index (χ0) is 12.8. The van der Waals surface area contributed by atoms with Crippen LogP contribution in [0.1, 0.15) is 5.56 Å². The molecule has 2 aromatic carbocycles. The first-order valence-corrected chi connectivity index (χ1v) is 5.73. The molecule has 0 atom stereocenters. The van der Waals surface area contributed by atoms with Crippen LogP contribution < -0.4 is 16.5 Å². The topological polar surface area (TPSA) is 66.0 Å². The fourth-order valence-electron chi connectivity index (χ4n) is 1.65. The maximum Gasteiger partial charge on any atom is 0.212 e. The first kappa shape index (κ1) is 11.9. The van der Waals surface area contributed by atoms with Gasteiger partial charge in [-0.1, -0.05) is 18.2 Å². The quantitative estimate of drug-likeness (QED) is 0.550. The third kappa shape index (κ3) is 2.98. The molecule has 0 aromatic heterocycles. The van der Waals surface area contributed by atoms with Crippen molar-refractivity contribution in [1.82, 2.24) is 0 Å². The predicted molar refractivity (Wildman–Crippen MR) is 75.4 cm³/mol. The van der Waals surface area contributed by atoms with Crippen LogP contribution >= 0.6 is 0 Å². The average molecular weight is 238 g/mol. The first-order chi connectivity index (χ1) is 8.79. The summed E-state index contributed by atoms with van der Waals surface area (Å²) in [5.41, 5.74) is 14.9. The molecule has 0 unspecified atom stereocenters. The lowest BCUT2D eigenvalue weighted by Crippen LogP contribution is -2.66. The van der Waals surface area contributed by atoms with Crippen molar-refractivity contribution in [3.05, 3.63) is 72.4 Å². The molecule has 0 bridgehead atoms. The molecule has 3 nitrogen and oxygen atoms in total. The summed E-state index contributed by atoms with van der Waals surface area (Å²) in [5.74, 6) is 0. The van der Waals surface area contributed by atoms with E-state index in [-0.39, 0.29) is 0 Å². The molecule has 18 heavy (non-hydrogen) atoms. The number of nitrogen functional groups attached to an aromatic ring is 1. The Balaban J connectivity index is 2.39. The summed E-state index contributed by atoms with van der Waals surface area (Å²) in [6.07, 6.45) is 3.36. The highest BCUT2D eigenvalue weighted by molar-refractivity contribution is 6.04. The van der Waals surface area contributed by atoms with E-state index in [1.807, 2.05) is 60.7 Å². The van der Waals surface area contributed by atoms with Crippen molar-refractivity contribution in [2.75, 3.05) is 5.73 Å². The van der Waals surface area contributed by atoms with E-state index in [9.17, 15) is 0 Å². The van der Waals surface area contributed by atoms with Gasteiger partial charge in [0.05, 0.1) is 0 Å². The van der Waals surface area contributed by atoms with E-state index in [4.69, 9.17) is 11.5 Å². The Morgan fingerprint density at radius 1 is 0.944 bits per heavy atom. The number of hydrogen-bond acceptors (Lipinski definition) is 2. The van der Waals surface area contributed by atoms with Crippen molar-refractivity contribution in [2.45, 2.75) is 0 Å². The number of anilines is 1. The molecule has 90 valence electrons. The van der Waals surface area contributed by atoms with Crippen molar-refractivity contribution in [3.63, 3.8) is 0 Å². The Hall–Kier alpha value is -2.55. The second-order valence-corrected chi connectivity index (χ2v) is 3.89. The molecule has 0 aliphatic rings. The molecule has 0 spiro atoms. The summed E-state index contributed by atoms with van der Waals surface area (Å²) < 4.78 is 0. The molecule has 0 saturated carbocycles. The van der Waals surface area contributed by atoms with Crippen LogP contribution in [0.25, 0.3) is 0 Å². The highest BCUT2D eigenvalue weighted by Gasteiger charge is 2.06. The van der Waals surface area contributed by atoms with Crippen molar-refractivity contribution in [2.24, 2.45) is 5.73 Å². The molecule has 0 fully saturated rings. The molecule has 2 aromatic rings. The van der Waals surface area contributed by atoms with Crippen LogP contribution in [0.4, 0.5) is 11.4 Å². The summed E-state index contributed by atoms with van der Waals surface area (Å²) in [6.45, 7) is 0. The van der Waals surface area contributed by atoms with Gasteiger partial charge in [0.1, 0.15) is 0 Å². The summed E-state index contributed by atoms with van der Waals surface area (Å²) in [5, 5.41) is 0. The number of benzene rings is 2. The molecule has 0 aliphatic carbocycles. The molecule has 2 rings (SSSR count). The lowest BCUT2D eigenvalue weighted by Gasteiger charge is -1.96. The molecule has 0 amide bonds. The lowest BCUT2D eigenvalue weighted by atomic mass is 10.1. The van der Waals surface area contributed by atoms with Crippen LogP contribution in [0.3, 0.4) is 0 Å². The average Bonchev–Trinajstić information content (AvgIpc) is 2.42. The summed E-state index contributed by atoms with van der Waals surface area (Å²) in [6, 6.07) is 17.6. The smallest absolute Gasteiger partial charge is 0.212 e. The maximum atomic E-state index is 5.66. The van der Waals surface area contributed by atoms with Gasteiger partial charge in [-0.3, -0.25) is 0 Å². The van der Waals surface area contributed by atoms with Crippen molar-refractivity contribution in [3.8, 4) is 0 Å². The Morgan fingerprint density at radius 2 is 1.61 bits per heavy atom. The van der Waals surface area contributed by atoms with Crippen molar-refractivity contribution < 1.29 is 4.99 Å². The van der Waals surface area contributed by atoms with E-state index in [0.717, 1.165) is 22.6 Å². The van der Waals surface area contributed by atoms with Crippen LogP contribution in [0.5, 0.6) is 0 Å². The van der Waals surface area contributed by atoms with Crippen LogP contribution in [0, 0.1) is 0 Å². The fourth-order valence-corrected chi connectivity index (χ4v) is 1.65. The van der Waals surface area contributed by atoms with E-state index in [0.29, 0.717) is 0 Å². The molecular weight excluding hydrogens is 222 g/mol. The Labute approximate surface area is 106 Å². The number of allylic oxidation sites excluding steroid dienone is 1. The minimum atomic E-state index is 0.746. The SMILES string of the molecule is NC=CC(=[NH+]c1ccc(N)cc1)c1ccccc1. The largest absolute Gasteiger partial charge is 0.404 e. The van der Waals surface area contributed by atoms with Gasteiger partial charge >= 0.3 is 0 Å². The Bertz CT molecular complexity index is 554. The molecule has 0 radical (unpaired) electrons. The monoisotopic (exact) mass is 238 g/mol. The van der Waals surface area contributed by atoms with Crippen LogP contribution in [-0.4, -0.2) is 5.71 Å². The van der Waals surface area contributed by atoms with Gasteiger partial charge in [0, 0.05) is 35.7 Å². The van der Waals surface area contributed by atoms with E-state index in [1.54, 1.807) is 0 Å². The number of nitrogens with two attached hydrogens (primary N) is 2. The third-order valence-electron chi connectivity index (χ3n) is 2.54. The molecule has 3 heteroatoms. The first-order valence-electron chi connectivity index (χ1n) is 5.73. The lowest BCUT2D eigenvalue weighted by molar-refractivity contribution is -0.351. The van der Waals surface area contributed by atoms with Crippen LogP contribution in [0.15, 0.2) is 66.9 Å². The number of nitrogens with one attached hydrogen (secondary N) is 1. The van der Waals surface area contributed by atoms with Gasteiger partial charge in [-0.25, -0.2) is 4.99 Å². The van der Waals surface area contributed by atoms with E-state index >= 15 is 0 Å². The van der Waals surface area contributed by atoms with Gasteiger partial charge in [-0.2, -0.15) is 0 Å². The number of hydrogen-bond donors (Lipinski definition) is 3. The Morgan fingerprint density at radius 3 is 2.22 bits per heavy atom. The Kier molecular flexibility index (Phi) is 3.76. The van der Waals surface area contributed by atoms with Gasteiger partial charge in [0.2, 0.25) is 11.4 Å². The molecular formula is C15H16N3+. The summed E-state index contributed by atoms with van der Waals surface area (Å²) in [4.78, 5) is 3.32. The predicted octanol–water partition coefficient (Wildman–Crippen LogP) is 0.943. The highest BCUT2D eigenvalue weighted by atomic mass is 14.7. The number of rotatable bonds is 3. The fraction of sp³-hybridized carbons (Fsp3) is 0. The van der Waals surface area contributed by atoms with Crippen molar-refractivity contribution >= 4 is 17.1 Å². The minimum absolute atomic E-state index is 0.746. The van der Waals surface area contributed by atoms with Gasteiger partial charge in [0.25, 0.3) is 0 Å². The maximum absolute atomic E-state index is 5.66. The van der Waals surface area contributed by atoms with Gasteiger partial charge < -0.3 is 11.5 Å². The van der Waals surface area contributed by atoms with Gasteiger partial charge in [0.15, 0.2) is 0 Å². The van der Waals surface area contributed by atoms with E-state index in [2.05, 4.69) is 4.99 Å². The van der Waals surface area contributed by atoms with Crippen LogP contribution in [-0.2, 0) is 0 Å². The standard InChI is InChI=1S/C15H15N3/c16-11-10-15(12-4-2-1-3-5-12)18-14-8-6-13(17)7-9-14/h1-11H,16-17H2/p+1. The zero-order valence-electron chi connectivity index (χ0n) is 10.0. The normalized spacial score (nSPS) is 11.9. The third-order valence-corrected chi connectivity index (χ3v) is 2.54. The second-order valence-electron chi connectivity index (χ2n) is 3.89. The second kappa shape index (κ2) is 5.68. The van der Waals surface area contributed by atoms with Gasteiger partial charge in [-0.05, 0) is 24.3 Å². The summed E-state index contributed by atoms with van der Waals surface area (Å²) in [7, 11) is 0. The van der Waals surface area contributed by atoms with Crippen molar-refractivity contribution in [1.29, 1.82) is 0 Å². The highest BCUT2D eigenvalue weighted by Crippen LogP contribution is 2.05. The van der Waals surface area contributed by atoms with Crippen LogP contribution in [0.2, 0.25) is 0 Å².